The van der Waals surface area contributed by atoms with Crippen LogP contribution in [0.5, 0.6) is 0 Å². The van der Waals surface area contributed by atoms with E-state index in [2.05, 4.69) is 26.4 Å². The SMILES string of the molecule is C#Cc1ccc(NC(=O)c2ccc(C(=N)N(C)CCCN(C)C)cc2)c(C(=O)Nc2ccc(Cl)cn2)c1. The van der Waals surface area contributed by atoms with Crippen LogP contribution in [0, 0.1) is 17.8 Å². The molecule has 0 bridgehead atoms. The first-order valence-corrected chi connectivity index (χ1v) is 12.0. The van der Waals surface area contributed by atoms with Crippen LogP contribution in [0.3, 0.4) is 0 Å². The summed E-state index contributed by atoms with van der Waals surface area (Å²) in [5.41, 5.74) is 2.08. The van der Waals surface area contributed by atoms with Gasteiger partial charge in [-0.3, -0.25) is 15.0 Å². The number of nitrogens with zero attached hydrogens (tertiary/aromatic N) is 3. The van der Waals surface area contributed by atoms with Crippen LogP contribution in [0.4, 0.5) is 11.5 Å². The zero-order chi connectivity index (χ0) is 26.9. The van der Waals surface area contributed by atoms with E-state index in [0.29, 0.717) is 39.1 Å². The molecule has 8 nitrogen and oxygen atoms in total. The van der Waals surface area contributed by atoms with Crippen LogP contribution in [-0.4, -0.2) is 66.7 Å². The van der Waals surface area contributed by atoms with Gasteiger partial charge < -0.3 is 20.4 Å². The van der Waals surface area contributed by atoms with Gasteiger partial charge >= 0.3 is 0 Å². The minimum atomic E-state index is -0.483. The van der Waals surface area contributed by atoms with Gasteiger partial charge in [-0.05, 0) is 69.5 Å². The predicted octanol–water partition coefficient (Wildman–Crippen LogP) is 4.43. The van der Waals surface area contributed by atoms with E-state index in [-0.39, 0.29) is 5.56 Å². The molecule has 190 valence electrons. The number of amides is 2. The third kappa shape index (κ3) is 7.64. The highest BCUT2D eigenvalue weighted by Crippen LogP contribution is 2.21. The zero-order valence-corrected chi connectivity index (χ0v) is 21.8. The molecule has 0 aliphatic rings. The van der Waals surface area contributed by atoms with Crippen molar-refractivity contribution in [3.05, 3.63) is 88.1 Å². The number of aromatic nitrogens is 1. The summed E-state index contributed by atoms with van der Waals surface area (Å²) in [6, 6.07) is 14.7. The van der Waals surface area contributed by atoms with Crippen molar-refractivity contribution in [2.24, 2.45) is 0 Å². The summed E-state index contributed by atoms with van der Waals surface area (Å²) in [7, 11) is 5.92. The van der Waals surface area contributed by atoms with Crippen molar-refractivity contribution >= 4 is 40.8 Å². The van der Waals surface area contributed by atoms with Gasteiger partial charge in [-0.1, -0.05) is 29.7 Å². The summed E-state index contributed by atoms with van der Waals surface area (Å²) in [6.45, 7) is 1.69. The molecule has 3 rings (SSSR count). The van der Waals surface area contributed by atoms with E-state index in [0.717, 1.165) is 19.5 Å². The lowest BCUT2D eigenvalue weighted by Crippen LogP contribution is -2.29. The van der Waals surface area contributed by atoms with Crippen LogP contribution in [0.2, 0.25) is 5.02 Å². The van der Waals surface area contributed by atoms with E-state index in [9.17, 15) is 9.59 Å². The third-order valence-electron chi connectivity index (χ3n) is 5.55. The summed E-state index contributed by atoms with van der Waals surface area (Å²) in [5.74, 6) is 2.30. The van der Waals surface area contributed by atoms with Crippen molar-refractivity contribution in [3.8, 4) is 12.3 Å². The highest BCUT2D eigenvalue weighted by Gasteiger charge is 2.17. The van der Waals surface area contributed by atoms with E-state index in [1.165, 1.54) is 12.3 Å². The number of carbonyl (C=O) groups excluding carboxylic acids is 2. The maximum absolute atomic E-state index is 13.0. The Hall–Kier alpha value is -4.19. The van der Waals surface area contributed by atoms with Crippen molar-refractivity contribution in [1.82, 2.24) is 14.8 Å². The van der Waals surface area contributed by atoms with Gasteiger partial charge in [-0.15, -0.1) is 6.42 Å². The molecule has 0 aliphatic carbocycles. The molecule has 1 heterocycles. The standard InChI is InChI=1S/C28H29ClN6O2/c1-5-19-7-13-24(23(17-19)28(37)33-25-14-12-22(29)18-31-25)32-27(36)21-10-8-20(9-11-21)26(30)35(4)16-6-15-34(2)3/h1,7-14,17-18,30H,6,15-16H2,2-4H3,(H,32,36)(H,31,33,37). The Morgan fingerprint density at radius 3 is 2.30 bits per heavy atom. The lowest BCUT2D eigenvalue weighted by atomic mass is 10.1. The fourth-order valence-corrected chi connectivity index (χ4v) is 3.61. The lowest BCUT2D eigenvalue weighted by Gasteiger charge is -2.21. The molecule has 0 spiro atoms. The number of halogens is 1. The Labute approximate surface area is 222 Å². The average Bonchev–Trinajstić information content (AvgIpc) is 2.89. The number of nitrogens with one attached hydrogen (secondary N) is 3. The highest BCUT2D eigenvalue weighted by atomic mass is 35.5. The summed E-state index contributed by atoms with van der Waals surface area (Å²) < 4.78 is 0. The fraction of sp³-hybridized carbons (Fsp3) is 0.214. The van der Waals surface area contributed by atoms with Crippen LogP contribution >= 0.6 is 11.6 Å². The van der Waals surface area contributed by atoms with Gasteiger partial charge in [-0.2, -0.15) is 0 Å². The second kappa shape index (κ2) is 12.7. The molecular weight excluding hydrogens is 488 g/mol. The molecule has 0 fully saturated rings. The number of amidine groups is 1. The van der Waals surface area contributed by atoms with Crippen molar-refractivity contribution in [1.29, 1.82) is 5.41 Å². The summed E-state index contributed by atoms with van der Waals surface area (Å²) in [6.07, 6.45) is 7.87. The van der Waals surface area contributed by atoms with E-state index in [1.807, 2.05) is 26.0 Å². The van der Waals surface area contributed by atoms with E-state index < -0.39 is 11.8 Å². The molecule has 3 aromatic rings. The lowest BCUT2D eigenvalue weighted by molar-refractivity contribution is 0.102. The van der Waals surface area contributed by atoms with E-state index >= 15 is 0 Å². The third-order valence-corrected chi connectivity index (χ3v) is 5.77. The van der Waals surface area contributed by atoms with Crippen molar-refractivity contribution in [3.63, 3.8) is 0 Å². The molecule has 2 aromatic carbocycles. The average molecular weight is 517 g/mol. The molecule has 0 radical (unpaired) electrons. The van der Waals surface area contributed by atoms with Crippen LogP contribution in [0.15, 0.2) is 60.8 Å². The van der Waals surface area contributed by atoms with E-state index in [4.69, 9.17) is 23.4 Å². The number of rotatable bonds is 9. The molecule has 0 saturated carbocycles. The molecule has 37 heavy (non-hydrogen) atoms. The van der Waals surface area contributed by atoms with E-state index in [1.54, 1.807) is 48.5 Å². The molecule has 2 amide bonds. The molecule has 3 N–H and O–H groups in total. The summed E-state index contributed by atoms with van der Waals surface area (Å²) in [4.78, 5) is 34.0. The van der Waals surface area contributed by atoms with Crippen LogP contribution in [0.25, 0.3) is 0 Å². The van der Waals surface area contributed by atoms with Crippen LogP contribution in [-0.2, 0) is 0 Å². The number of anilines is 2. The molecule has 0 aliphatic heterocycles. The minimum absolute atomic E-state index is 0.193. The second-order valence-corrected chi connectivity index (χ2v) is 9.12. The highest BCUT2D eigenvalue weighted by molar-refractivity contribution is 6.30. The maximum Gasteiger partial charge on any atom is 0.258 e. The number of pyridine rings is 1. The first-order chi connectivity index (χ1) is 17.7. The Morgan fingerprint density at radius 2 is 1.68 bits per heavy atom. The van der Waals surface area contributed by atoms with Gasteiger partial charge in [0.1, 0.15) is 11.7 Å². The monoisotopic (exact) mass is 516 g/mol. The molecule has 9 heteroatoms. The maximum atomic E-state index is 13.0. The number of benzene rings is 2. The van der Waals surface area contributed by atoms with Gasteiger partial charge in [-0.25, -0.2) is 4.98 Å². The van der Waals surface area contributed by atoms with Gasteiger partial charge in [0, 0.05) is 36.5 Å². The number of hydrogen-bond donors (Lipinski definition) is 3. The molecule has 0 unspecified atom stereocenters. The fourth-order valence-electron chi connectivity index (χ4n) is 3.49. The first kappa shape index (κ1) is 27.4. The predicted molar refractivity (Wildman–Crippen MR) is 149 cm³/mol. The smallest absolute Gasteiger partial charge is 0.258 e. The van der Waals surface area contributed by atoms with Gasteiger partial charge in [0.2, 0.25) is 0 Å². The van der Waals surface area contributed by atoms with Crippen LogP contribution in [0.1, 0.15) is 38.3 Å². The Morgan fingerprint density at radius 1 is 0.973 bits per heavy atom. The quantitative estimate of drug-likeness (QED) is 0.222. The van der Waals surface area contributed by atoms with Gasteiger partial charge in [0.25, 0.3) is 11.8 Å². The minimum Gasteiger partial charge on any atom is -0.360 e. The van der Waals surface area contributed by atoms with Crippen molar-refractivity contribution in [2.45, 2.75) is 6.42 Å². The Bertz CT molecular complexity index is 1310. The first-order valence-electron chi connectivity index (χ1n) is 11.6. The zero-order valence-electron chi connectivity index (χ0n) is 21.0. The van der Waals surface area contributed by atoms with Crippen LogP contribution < -0.4 is 10.6 Å². The molecule has 0 saturated heterocycles. The summed E-state index contributed by atoms with van der Waals surface area (Å²) in [5, 5.41) is 14.3. The number of hydrogen-bond acceptors (Lipinski definition) is 5. The normalized spacial score (nSPS) is 10.5. The number of carbonyl (C=O) groups is 2. The number of terminal acetylenes is 1. The molecule has 1 aromatic heterocycles. The molecular formula is C28H29ClN6O2. The second-order valence-electron chi connectivity index (χ2n) is 8.68. The summed E-state index contributed by atoms with van der Waals surface area (Å²) >= 11 is 5.86. The van der Waals surface area contributed by atoms with Crippen molar-refractivity contribution < 1.29 is 9.59 Å². The van der Waals surface area contributed by atoms with Gasteiger partial charge in [0.15, 0.2) is 0 Å². The molecule has 0 atom stereocenters. The Kier molecular flexibility index (Phi) is 9.39. The van der Waals surface area contributed by atoms with Gasteiger partial charge in [0.05, 0.1) is 16.3 Å². The van der Waals surface area contributed by atoms with Crippen molar-refractivity contribution in [2.75, 3.05) is 44.9 Å². The Balaban J connectivity index is 1.72. The topological polar surface area (TPSA) is 101 Å². The largest absolute Gasteiger partial charge is 0.360 e.